The molecular formula is C13H13NOS. The maximum Gasteiger partial charge on any atom is 0.164 e. The number of rotatable bonds is 4. The first-order valence-electron chi connectivity index (χ1n) is 5.19. The summed E-state index contributed by atoms with van der Waals surface area (Å²) >= 11 is 1.69. The Bertz CT molecular complexity index is 505. The van der Waals surface area contributed by atoms with Gasteiger partial charge in [0.05, 0.1) is 5.52 Å². The van der Waals surface area contributed by atoms with Gasteiger partial charge >= 0.3 is 0 Å². The minimum atomic E-state index is 0.202. The van der Waals surface area contributed by atoms with Crippen molar-refractivity contribution in [3.8, 4) is 0 Å². The molecule has 1 aromatic carbocycles. The first kappa shape index (κ1) is 11.1. The van der Waals surface area contributed by atoms with Crippen LogP contribution in [0.3, 0.4) is 0 Å². The van der Waals surface area contributed by atoms with E-state index in [2.05, 4.69) is 4.98 Å². The minimum absolute atomic E-state index is 0.202. The Kier molecular flexibility index (Phi) is 3.57. The van der Waals surface area contributed by atoms with Gasteiger partial charge in [0.2, 0.25) is 0 Å². The fourth-order valence-electron chi connectivity index (χ4n) is 1.68. The van der Waals surface area contributed by atoms with Crippen LogP contribution < -0.4 is 0 Å². The molecule has 16 heavy (non-hydrogen) atoms. The van der Waals surface area contributed by atoms with Crippen molar-refractivity contribution >= 4 is 28.4 Å². The van der Waals surface area contributed by atoms with Gasteiger partial charge in [0.1, 0.15) is 0 Å². The zero-order valence-electron chi connectivity index (χ0n) is 9.14. The van der Waals surface area contributed by atoms with Crippen LogP contribution in [0.2, 0.25) is 0 Å². The zero-order valence-corrected chi connectivity index (χ0v) is 9.96. The van der Waals surface area contributed by atoms with E-state index in [0.717, 1.165) is 22.2 Å². The molecule has 0 aliphatic heterocycles. The summed E-state index contributed by atoms with van der Waals surface area (Å²) in [6.07, 6.45) is 4.35. The average molecular weight is 231 g/mol. The molecule has 0 unspecified atom stereocenters. The summed E-state index contributed by atoms with van der Waals surface area (Å²) in [6.45, 7) is 0. The molecule has 0 aliphatic carbocycles. The van der Waals surface area contributed by atoms with Crippen LogP contribution in [0.5, 0.6) is 0 Å². The molecule has 0 amide bonds. The first-order chi connectivity index (χ1) is 7.83. The standard InChI is InChI=1S/C13H13NOS/c1-16-9-7-13(15)11-4-2-6-12-10(11)5-3-8-14-12/h2-6,8H,7,9H2,1H3. The van der Waals surface area contributed by atoms with Crippen LogP contribution in [0.25, 0.3) is 10.9 Å². The smallest absolute Gasteiger partial charge is 0.164 e. The third kappa shape index (κ3) is 2.25. The van der Waals surface area contributed by atoms with E-state index in [0.29, 0.717) is 6.42 Å². The molecule has 2 nitrogen and oxygen atoms in total. The predicted molar refractivity (Wildman–Crippen MR) is 69.1 cm³/mol. The van der Waals surface area contributed by atoms with Crippen LogP contribution in [0, 0.1) is 0 Å². The lowest BCUT2D eigenvalue weighted by Gasteiger charge is -2.04. The van der Waals surface area contributed by atoms with Crippen LogP contribution >= 0.6 is 11.8 Å². The molecule has 0 aliphatic rings. The van der Waals surface area contributed by atoms with E-state index in [9.17, 15) is 4.79 Å². The summed E-state index contributed by atoms with van der Waals surface area (Å²) in [5.74, 6) is 1.07. The molecule has 2 aromatic rings. The van der Waals surface area contributed by atoms with Crippen LogP contribution in [0.15, 0.2) is 36.5 Å². The summed E-state index contributed by atoms with van der Waals surface area (Å²) in [7, 11) is 0. The number of carbonyl (C=O) groups is 1. The fourth-order valence-corrected chi connectivity index (χ4v) is 2.07. The summed E-state index contributed by atoms with van der Waals surface area (Å²) in [6, 6.07) is 9.53. The van der Waals surface area contributed by atoms with Gasteiger partial charge in [0.25, 0.3) is 0 Å². The van der Waals surface area contributed by atoms with Crippen LogP contribution in [-0.2, 0) is 0 Å². The van der Waals surface area contributed by atoms with Crippen LogP contribution in [0.1, 0.15) is 16.8 Å². The Morgan fingerprint density at radius 3 is 3.00 bits per heavy atom. The summed E-state index contributed by atoms with van der Waals surface area (Å²) in [4.78, 5) is 16.2. The second-order valence-corrected chi connectivity index (χ2v) is 4.53. The van der Waals surface area contributed by atoms with Crippen molar-refractivity contribution in [1.82, 2.24) is 4.98 Å². The molecule has 1 aromatic heterocycles. The van der Waals surface area contributed by atoms with Crippen LogP contribution in [0.4, 0.5) is 0 Å². The number of benzene rings is 1. The van der Waals surface area contributed by atoms with Crippen molar-refractivity contribution in [2.75, 3.05) is 12.0 Å². The molecule has 82 valence electrons. The van der Waals surface area contributed by atoms with Crippen molar-refractivity contribution in [3.05, 3.63) is 42.1 Å². The quantitative estimate of drug-likeness (QED) is 0.757. The van der Waals surface area contributed by atoms with Crippen molar-refractivity contribution in [2.45, 2.75) is 6.42 Å². The summed E-state index contributed by atoms with van der Waals surface area (Å²) in [5.41, 5.74) is 1.68. The van der Waals surface area contributed by atoms with Crippen molar-refractivity contribution in [3.63, 3.8) is 0 Å². The third-order valence-electron chi connectivity index (χ3n) is 2.48. The van der Waals surface area contributed by atoms with Gasteiger partial charge < -0.3 is 0 Å². The number of carbonyl (C=O) groups excluding carboxylic acids is 1. The number of aromatic nitrogens is 1. The first-order valence-corrected chi connectivity index (χ1v) is 6.58. The van der Waals surface area contributed by atoms with Crippen molar-refractivity contribution < 1.29 is 4.79 Å². The van der Waals surface area contributed by atoms with E-state index in [1.54, 1.807) is 18.0 Å². The van der Waals surface area contributed by atoms with E-state index in [4.69, 9.17) is 0 Å². The van der Waals surface area contributed by atoms with E-state index in [1.807, 2.05) is 36.6 Å². The maximum atomic E-state index is 12.0. The van der Waals surface area contributed by atoms with E-state index in [1.165, 1.54) is 0 Å². The number of pyridine rings is 1. The molecule has 0 N–H and O–H groups in total. The zero-order chi connectivity index (χ0) is 11.4. The highest BCUT2D eigenvalue weighted by atomic mass is 32.2. The van der Waals surface area contributed by atoms with Crippen LogP contribution in [-0.4, -0.2) is 22.8 Å². The normalized spacial score (nSPS) is 10.6. The van der Waals surface area contributed by atoms with Gasteiger partial charge in [-0.2, -0.15) is 11.8 Å². The van der Waals surface area contributed by atoms with Gasteiger partial charge in [0, 0.05) is 29.3 Å². The number of hydrogen-bond acceptors (Lipinski definition) is 3. The second-order valence-electron chi connectivity index (χ2n) is 3.54. The Balaban J connectivity index is 2.40. The van der Waals surface area contributed by atoms with Crippen molar-refractivity contribution in [1.29, 1.82) is 0 Å². The number of ketones is 1. The molecular weight excluding hydrogens is 218 g/mol. The molecule has 0 saturated carbocycles. The average Bonchev–Trinajstić information content (AvgIpc) is 2.35. The van der Waals surface area contributed by atoms with E-state index < -0.39 is 0 Å². The lowest BCUT2D eigenvalue weighted by Crippen LogP contribution is -2.01. The third-order valence-corrected chi connectivity index (χ3v) is 3.09. The number of Topliss-reactive ketones (excluding diaryl/α,β-unsaturated/α-hetero) is 1. The maximum absolute atomic E-state index is 12.0. The van der Waals surface area contributed by atoms with E-state index in [-0.39, 0.29) is 5.78 Å². The fraction of sp³-hybridized carbons (Fsp3) is 0.231. The molecule has 0 bridgehead atoms. The van der Waals surface area contributed by atoms with Crippen molar-refractivity contribution in [2.24, 2.45) is 0 Å². The van der Waals surface area contributed by atoms with Gasteiger partial charge in [-0.3, -0.25) is 9.78 Å². The number of hydrogen-bond donors (Lipinski definition) is 0. The lowest BCUT2D eigenvalue weighted by molar-refractivity contribution is 0.0991. The van der Waals surface area contributed by atoms with Gasteiger partial charge in [-0.1, -0.05) is 18.2 Å². The number of nitrogens with zero attached hydrogens (tertiary/aromatic N) is 1. The Morgan fingerprint density at radius 1 is 1.31 bits per heavy atom. The largest absolute Gasteiger partial charge is 0.294 e. The Labute approximate surface area is 99.1 Å². The van der Waals surface area contributed by atoms with Gasteiger partial charge in [0.15, 0.2) is 5.78 Å². The molecule has 0 saturated heterocycles. The predicted octanol–water partition coefficient (Wildman–Crippen LogP) is 3.17. The molecule has 0 spiro atoms. The molecule has 3 heteroatoms. The molecule has 0 radical (unpaired) electrons. The Morgan fingerprint density at radius 2 is 2.19 bits per heavy atom. The summed E-state index contributed by atoms with van der Waals surface area (Å²) in [5, 5.41) is 0.955. The second kappa shape index (κ2) is 5.12. The van der Waals surface area contributed by atoms with Gasteiger partial charge in [-0.15, -0.1) is 0 Å². The topological polar surface area (TPSA) is 30.0 Å². The highest BCUT2D eigenvalue weighted by Gasteiger charge is 2.09. The molecule has 1 heterocycles. The monoisotopic (exact) mass is 231 g/mol. The lowest BCUT2D eigenvalue weighted by atomic mass is 10.0. The number of fused-ring (bicyclic) bond motifs is 1. The highest BCUT2D eigenvalue weighted by molar-refractivity contribution is 7.98. The molecule has 0 fully saturated rings. The van der Waals surface area contributed by atoms with Gasteiger partial charge in [-0.05, 0) is 18.4 Å². The van der Waals surface area contributed by atoms with E-state index >= 15 is 0 Å². The summed E-state index contributed by atoms with van der Waals surface area (Å²) < 4.78 is 0. The molecule has 2 rings (SSSR count). The minimum Gasteiger partial charge on any atom is -0.294 e. The highest BCUT2D eigenvalue weighted by Crippen LogP contribution is 2.18. The molecule has 0 atom stereocenters. The van der Waals surface area contributed by atoms with Gasteiger partial charge in [-0.25, -0.2) is 0 Å². The SMILES string of the molecule is CSCCC(=O)c1cccc2ncccc12. The number of thioether (sulfide) groups is 1. The Hall–Kier alpha value is -1.35.